The average molecular weight is 448 g/mol. The lowest BCUT2D eigenvalue weighted by atomic mass is 10.1. The average Bonchev–Trinajstić information content (AvgIpc) is 2.75. The third-order valence-electron chi connectivity index (χ3n) is 5.11. The minimum Gasteiger partial charge on any atom is -0.390 e. The summed E-state index contributed by atoms with van der Waals surface area (Å²) in [5, 5.41) is 7.87. The van der Waals surface area contributed by atoms with Gasteiger partial charge in [-0.25, -0.2) is 9.97 Å². The fourth-order valence-corrected chi connectivity index (χ4v) is 3.70. The van der Waals surface area contributed by atoms with Crippen molar-refractivity contribution in [1.29, 1.82) is 0 Å². The maximum Gasteiger partial charge on any atom is 0.130 e. The number of pyridine rings is 2. The van der Waals surface area contributed by atoms with Crippen molar-refractivity contribution in [3.8, 4) is 11.3 Å². The van der Waals surface area contributed by atoms with E-state index in [-0.39, 0.29) is 0 Å². The SMILES string of the molecule is C=CNCCN(CCc1ccc2c(Cl)cc(-c3ccc(NC(=C)C)nc3)nc2c1)C(=C)C. The molecule has 0 saturated carbocycles. The van der Waals surface area contributed by atoms with E-state index in [0.29, 0.717) is 5.02 Å². The number of benzene rings is 1. The van der Waals surface area contributed by atoms with Crippen LogP contribution in [0.5, 0.6) is 0 Å². The Balaban J connectivity index is 1.80. The molecule has 3 aromatic rings. The number of nitrogens with one attached hydrogen (secondary N) is 2. The molecule has 0 bridgehead atoms. The van der Waals surface area contributed by atoms with Crippen LogP contribution in [0.1, 0.15) is 19.4 Å². The molecule has 0 radical (unpaired) electrons. The van der Waals surface area contributed by atoms with Crippen molar-refractivity contribution in [3.63, 3.8) is 0 Å². The quantitative estimate of drug-likeness (QED) is 0.353. The lowest BCUT2D eigenvalue weighted by Gasteiger charge is -2.24. The molecule has 0 aliphatic carbocycles. The van der Waals surface area contributed by atoms with E-state index in [9.17, 15) is 0 Å². The van der Waals surface area contributed by atoms with E-state index < -0.39 is 0 Å². The number of rotatable bonds is 11. The molecule has 166 valence electrons. The Bertz CT molecular complexity index is 1120. The molecule has 32 heavy (non-hydrogen) atoms. The molecule has 1 aromatic carbocycles. The van der Waals surface area contributed by atoms with Gasteiger partial charge in [-0.1, -0.05) is 43.5 Å². The Labute approximate surface area is 195 Å². The van der Waals surface area contributed by atoms with Crippen LogP contribution in [0.3, 0.4) is 0 Å². The number of hydrogen-bond acceptors (Lipinski definition) is 5. The first-order valence-electron chi connectivity index (χ1n) is 10.6. The second-order valence-electron chi connectivity index (χ2n) is 7.81. The van der Waals surface area contributed by atoms with Crippen molar-refractivity contribution in [2.24, 2.45) is 0 Å². The van der Waals surface area contributed by atoms with E-state index in [2.05, 4.69) is 52.4 Å². The summed E-state index contributed by atoms with van der Waals surface area (Å²) in [6, 6.07) is 12.1. The van der Waals surface area contributed by atoms with Gasteiger partial charge in [-0.2, -0.15) is 0 Å². The van der Waals surface area contributed by atoms with Crippen LogP contribution in [0.15, 0.2) is 79.9 Å². The van der Waals surface area contributed by atoms with Gasteiger partial charge in [0.15, 0.2) is 0 Å². The zero-order valence-electron chi connectivity index (χ0n) is 18.8. The van der Waals surface area contributed by atoms with Gasteiger partial charge in [0.05, 0.1) is 16.2 Å². The Morgan fingerprint density at radius 1 is 1.12 bits per heavy atom. The molecule has 5 nitrogen and oxygen atoms in total. The van der Waals surface area contributed by atoms with Crippen molar-refractivity contribution in [2.75, 3.05) is 25.0 Å². The number of fused-ring (bicyclic) bond motifs is 1. The summed E-state index contributed by atoms with van der Waals surface area (Å²) in [5.74, 6) is 0.751. The standard InChI is InChI=1S/C26H30ClN5/c1-6-28-12-14-32(19(4)5)13-11-20-7-9-22-23(27)16-24(31-25(22)15-20)21-8-10-26(29-17-21)30-18(2)3/h6-10,15-17,28H,1-2,4,11-14H2,3,5H3,(H,29,30). The lowest BCUT2D eigenvalue weighted by Crippen LogP contribution is -2.30. The van der Waals surface area contributed by atoms with E-state index in [1.54, 1.807) is 12.4 Å². The zero-order chi connectivity index (χ0) is 23.1. The first-order valence-corrected chi connectivity index (χ1v) is 11.0. The van der Waals surface area contributed by atoms with Crippen molar-refractivity contribution in [3.05, 3.63) is 90.5 Å². The smallest absolute Gasteiger partial charge is 0.130 e. The molecule has 0 fully saturated rings. The van der Waals surface area contributed by atoms with E-state index in [1.165, 1.54) is 5.56 Å². The molecule has 0 aliphatic heterocycles. The highest BCUT2D eigenvalue weighted by atomic mass is 35.5. The molecule has 6 heteroatoms. The first kappa shape index (κ1) is 23.4. The van der Waals surface area contributed by atoms with Gasteiger partial charge in [-0.3, -0.25) is 0 Å². The molecule has 2 N–H and O–H groups in total. The van der Waals surface area contributed by atoms with Crippen molar-refractivity contribution >= 4 is 28.3 Å². The second-order valence-corrected chi connectivity index (χ2v) is 8.22. The van der Waals surface area contributed by atoms with E-state index in [4.69, 9.17) is 16.6 Å². The fraction of sp³-hybridized carbons (Fsp3) is 0.231. The van der Waals surface area contributed by atoms with Crippen molar-refractivity contribution in [2.45, 2.75) is 20.3 Å². The summed E-state index contributed by atoms with van der Waals surface area (Å²) in [4.78, 5) is 11.6. The largest absolute Gasteiger partial charge is 0.390 e. The Kier molecular flexibility index (Phi) is 7.90. The Morgan fingerprint density at radius 2 is 1.94 bits per heavy atom. The van der Waals surface area contributed by atoms with Crippen molar-refractivity contribution in [1.82, 2.24) is 20.2 Å². The predicted octanol–water partition coefficient (Wildman–Crippen LogP) is 6.01. The monoisotopic (exact) mass is 447 g/mol. The highest BCUT2D eigenvalue weighted by Gasteiger charge is 2.09. The van der Waals surface area contributed by atoms with Crippen LogP contribution in [-0.4, -0.2) is 34.5 Å². The first-order chi connectivity index (χ1) is 15.4. The van der Waals surface area contributed by atoms with Crippen LogP contribution in [-0.2, 0) is 6.42 Å². The molecule has 2 aromatic heterocycles. The van der Waals surface area contributed by atoms with Gasteiger partial charge in [0, 0.05) is 48.2 Å². The highest BCUT2D eigenvalue weighted by molar-refractivity contribution is 6.35. The third-order valence-corrected chi connectivity index (χ3v) is 5.42. The number of hydrogen-bond donors (Lipinski definition) is 2. The molecule has 2 heterocycles. The minimum atomic E-state index is 0.680. The van der Waals surface area contributed by atoms with Gasteiger partial charge in [0.25, 0.3) is 0 Å². The molecule has 3 rings (SSSR count). The Hall–Kier alpha value is -3.31. The second kappa shape index (κ2) is 10.8. The summed E-state index contributed by atoms with van der Waals surface area (Å²) in [6.07, 6.45) is 4.40. The molecular weight excluding hydrogens is 418 g/mol. The molecule has 0 amide bonds. The summed E-state index contributed by atoms with van der Waals surface area (Å²) in [6.45, 7) is 18.2. The van der Waals surface area contributed by atoms with Gasteiger partial charge < -0.3 is 15.5 Å². The fourth-order valence-electron chi connectivity index (χ4n) is 3.43. The number of halogens is 1. The van der Waals surface area contributed by atoms with Gasteiger partial charge in [0.1, 0.15) is 5.82 Å². The number of nitrogens with zero attached hydrogens (tertiary/aromatic N) is 3. The maximum atomic E-state index is 6.59. The van der Waals surface area contributed by atoms with E-state index >= 15 is 0 Å². The maximum absolute atomic E-state index is 6.59. The summed E-state index contributed by atoms with van der Waals surface area (Å²) >= 11 is 6.59. The molecule has 0 aliphatic rings. The van der Waals surface area contributed by atoms with Crippen LogP contribution in [0.25, 0.3) is 22.2 Å². The predicted molar refractivity (Wildman–Crippen MR) is 137 cm³/mol. The highest BCUT2D eigenvalue weighted by Crippen LogP contribution is 2.29. The summed E-state index contributed by atoms with van der Waals surface area (Å²) < 4.78 is 0. The van der Waals surface area contributed by atoms with Gasteiger partial charge in [-0.05, 0) is 56.3 Å². The number of allylic oxidation sites excluding steroid dienone is 2. The van der Waals surface area contributed by atoms with E-state index in [1.807, 2.05) is 38.1 Å². The molecule has 0 atom stereocenters. The zero-order valence-corrected chi connectivity index (χ0v) is 19.5. The minimum absolute atomic E-state index is 0.680. The number of anilines is 1. The molecular formula is C26H30ClN5. The van der Waals surface area contributed by atoms with Crippen molar-refractivity contribution < 1.29 is 0 Å². The summed E-state index contributed by atoms with van der Waals surface area (Å²) in [7, 11) is 0. The molecule has 0 spiro atoms. The normalized spacial score (nSPS) is 10.6. The van der Waals surface area contributed by atoms with Crippen LogP contribution < -0.4 is 10.6 Å². The topological polar surface area (TPSA) is 53.1 Å². The van der Waals surface area contributed by atoms with Crippen LogP contribution in [0.4, 0.5) is 5.82 Å². The Morgan fingerprint density at radius 3 is 2.59 bits per heavy atom. The van der Waals surface area contributed by atoms with Crippen LogP contribution >= 0.6 is 11.6 Å². The third kappa shape index (κ3) is 6.11. The van der Waals surface area contributed by atoms with Gasteiger partial charge >= 0.3 is 0 Å². The van der Waals surface area contributed by atoms with E-state index in [0.717, 1.165) is 65.4 Å². The van der Waals surface area contributed by atoms with Crippen LogP contribution in [0.2, 0.25) is 5.02 Å². The van der Waals surface area contributed by atoms with Gasteiger partial charge in [-0.15, -0.1) is 0 Å². The molecule has 0 saturated heterocycles. The van der Waals surface area contributed by atoms with Gasteiger partial charge in [0.2, 0.25) is 0 Å². The lowest BCUT2D eigenvalue weighted by molar-refractivity contribution is 0.353. The molecule has 0 unspecified atom stereocenters. The summed E-state index contributed by atoms with van der Waals surface area (Å²) in [5.41, 5.74) is 5.69. The van der Waals surface area contributed by atoms with Crippen LogP contribution in [0, 0.1) is 0 Å². The number of aromatic nitrogens is 2.